The lowest BCUT2D eigenvalue weighted by atomic mass is 9.97. The zero-order valence-corrected chi connectivity index (χ0v) is 14.4. The van der Waals surface area contributed by atoms with Crippen LogP contribution >= 0.6 is 11.3 Å². The minimum Gasteiger partial charge on any atom is -0.338 e. The Morgan fingerprint density at radius 2 is 2.12 bits per heavy atom. The van der Waals surface area contributed by atoms with E-state index in [0.717, 1.165) is 42.5 Å². The molecule has 0 aromatic carbocycles. The number of aromatic nitrogens is 2. The highest BCUT2D eigenvalue weighted by Gasteiger charge is 2.20. The molecule has 7 nitrogen and oxygen atoms in total. The predicted molar refractivity (Wildman–Crippen MR) is 92.4 cm³/mol. The molecule has 0 spiro atoms. The Labute approximate surface area is 143 Å². The SMILES string of the molecule is CCCNC(=O)NC(=O)Cn1cnc2sc3c(c2c1=O)CCCC3. The average molecular weight is 348 g/mol. The molecule has 2 heterocycles. The minimum absolute atomic E-state index is 0.205. The van der Waals surface area contributed by atoms with Crippen molar-refractivity contribution in [1.29, 1.82) is 0 Å². The number of fused-ring (bicyclic) bond motifs is 3. The zero-order chi connectivity index (χ0) is 17.1. The first-order valence-electron chi connectivity index (χ1n) is 8.17. The molecule has 0 saturated heterocycles. The van der Waals surface area contributed by atoms with Crippen molar-refractivity contribution in [2.24, 2.45) is 0 Å². The molecule has 2 N–H and O–H groups in total. The number of nitrogens with zero attached hydrogens (tertiary/aromatic N) is 2. The van der Waals surface area contributed by atoms with Gasteiger partial charge in [0.15, 0.2) is 0 Å². The van der Waals surface area contributed by atoms with Crippen molar-refractivity contribution in [3.8, 4) is 0 Å². The quantitative estimate of drug-likeness (QED) is 0.877. The standard InChI is InChI=1S/C16H20N4O3S/c1-2-7-17-16(23)19-12(21)8-20-9-18-14-13(15(20)22)10-5-3-4-6-11(10)24-14/h9H,2-8H2,1H3,(H2,17,19,21,23). The van der Waals surface area contributed by atoms with Crippen molar-refractivity contribution in [2.45, 2.75) is 45.6 Å². The molecule has 0 bridgehead atoms. The molecule has 0 unspecified atom stereocenters. The molecule has 24 heavy (non-hydrogen) atoms. The van der Waals surface area contributed by atoms with E-state index >= 15 is 0 Å². The van der Waals surface area contributed by atoms with E-state index in [1.54, 1.807) is 11.3 Å². The second-order valence-corrected chi connectivity index (χ2v) is 6.96. The fraction of sp³-hybridized carbons (Fsp3) is 0.500. The fourth-order valence-electron chi connectivity index (χ4n) is 2.90. The molecule has 1 aliphatic carbocycles. The van der Waals surface area contributed by atoms with E-state index in [0.29, 0.717) is 11.9 Å². The molecule has 0 radical (unpaired) electrons. The Morgan fingerprint density at radius 1 is 1.33 bits per heavy atom. The molecule has 2 aromatic rings. The molecular weight excluding hydrogens is 328 g/mol. The molecule has 1 aliphatic rings. The van der Waals surface area contributed by atoms with Crippen molar-refractivity contribution >= 4 is 33.5 Å². The van der Waals surface area contributed by atoms with Crippen molar-refractivity contribution in [3.05, 3.63) is 27.1 Å². The Balaban J connectivity index is 1.80. The summed E-state index contributed by atoms with van der Waals surface area (Å²) in [4.78, 5) is 42.5. The van der Waals surface area contributed by atoms with Gasteiger partial charge in [0.25, 0.3) is 5.56 Å². The Morgan fingerprint density at radius 3 is 2.92 bits per heavy atom. The average Bonchev–Trinajstić information content (AvgIpc) is 2.94. The van der Waals surface area contributed by atoms with Crippen LogP contribution in [0.3, 0.4) is 0 Å². The number of nitrogens with one attached hydrogen (secondary N) is 2. The van der Waals surface area contributed by atoms with Crippen LogP contribution < -0.4 is 16.2 Å². The summed E-state index contributed by atoms with van der Waals surface area (Å²) in [7, 11) is 0. The summed E-state index contributed by atoms with van der Waals surface area (Å²) in [6.07, 6.45) is 6.27. The Bertz CT molecular complexity index is 840. The number of carbonyl (C=O) groups excluding carboxylic acids is 2. The van der Waals surface area contributed by atoms with Gasteiger partial charge in [-0.25, -0.2) is 9.78 Å². The van der Waals surface area contributed by atoms with Crippen LogP contribution in [-0.2, 0) is 24.2 Å². The normalized spacial score (nSPS) is 13.5. The number of imide groups is 1. The Hall–Kier alpha value is -2.22. The van der Waals surface area contributed by atoms with Crippen molar-refractivity contribution < 1.29 is 9.59 Å². The van der Waals surface area contributed by atoms with Crippen LogP contribution in [0.5, 0.6) is 0 Å². The van der Waals surface area contributed by atoms with E-state index in [4.69, 9.17) is 0 Å². The van der Waals surface area contributed by atoms with Gasteiger partial charge in [-0.3, -0.25) is 19.5 Å². The topological polar surface area (TPSA) is 93.1 Å². The van der Waals surface area contributed by atoms with Crippen molar-refractivity contribution in [3.63, 3.8) is 0 Å². The van der Waals surface area contributed by atoms with Crippen LogP contribution in [0.15, 0.2) is 11.1 Å². The van der Waals surface area contributed by atoms with E-state index in [1.807, 2.05) is 6.92 Å². The van der Waals surface area contributed by atoms with Gasteiger partial charge in [0.1, 0.15) is 11.4 Å². The first-order valence-corrected chi connectivity index (χ1v) is 8.99. The third-order valence-electron chi connectivity index (χ3n) is 4.04. The van der Waals surface area contributed by atoms with Gasteiger partial charge in [-0.15, -0.1) is 11.3 Å². The minimum atomic E-state index is -0.545. The lowest BCUT2D eigenvalue weighted by Gasteiger charge is -2.10. The van der Waals surface area contributed by atoms with Gasteiger partial charge < -0.3 is 5.32 Å². The summed E-state index contributed by atoms with van der Waals surface area (Å²) in [5, 5.41) is 5.42. The van der Waals surface area contributed by atoms with Gasteiger partial charge in [0.05, 0.1) is 11.7 Å². The molecule has 0 fully saturated rings. The summed E-state index contributed by atoms with van der Waals surface area (Å²) >= 11 is 1.57. The lowest BCUT2D eigenvalue weighted by molar-refractivity contribution is -0.120. The summed E-state index contributed by atoms with van der Waals surface area (Å²) in [5.74, 6) is -0.532. The fourth-order valence-corrected chi connectivity index (χ4v) is 4.12. The predicted octanol–water partition coefficient (Wildman–Crippen LogP) is 1.57. The first kappa shape index (κ1) is 16.6. The summed E-state index contributed by atoms with van der Waals surface area (Å²) < 4.78 is 1.27. The number of hydrogen-bond acceptors (Lipinski definition) is 5. The molecule has 0 saturated carbocycles. The van der Waals surface area contributed by atoms with E-state index in [2.05, 4.69) is 15.6 Å². The van der Waals surface area contributed by atoms with Gasteiger partial charge in [0.2, 0.25) is 5.91 Å². The maximum Gasteiger partial charge on any atom is 0.321 e. The number of carbonyl (C=O) groups is 2. The number of aryl methyl sites for hydroxylation is 2. The highest BCUT2D eigenvalue weighted by atomic mass is 32.1. The molecule has 8 heteroatoms. The van der Waals surface area contributed by atoms with E-state index in [1.165, 1.54) is 15.8 Å². The van der Waals surface area contributed by atoms with Gasteiger partial charge in [-0.05, 0) is 37.7 Å². The van der Waals surface area contributed by atoms with Gasteiger partial charge in [0, 0.05) is 11.4 Å². The molecule has 128 valence electrons. The number of rotatable bonds is 4. The van der Waals surface area contributed by atoms with Crippen molar-refractivity contribution in [1.82, 2.24) is 20.2 Å². The maximum absolute atomic E-state index is 12.7. The molecular formula is C16H20N4O3S. The second-order valence-electron chi connectivity index (χ2n) is 5.87. The summed E-state index contributed by atoms with van der Waals surface area (Å²) in [6, 6.07) is -0.545. The largest absolute Gasteiger partial charge is 0.338 e. The van der Waals surface area contributed by atoms with Gasteiger partial charge in [-0.1, -0.05) is 6.92 Å². The molecule has 2 aromatic heterocycles. The molecule has 3 amide bonds. The van der Waals surface area contributed by atoms with Crippen LogP contribution in [0, 0.1) is 0 Å². The molecule has 3 rings (SSSR count). The second kappa shape index (κ2) is 7.12. The maximum atomic E-state index is 12.7. The van der Waals surface area contributed by atoms with Crippen LogP contribution in [0.2, 0.25) is 0 Å². The highest BCUT2D eigenvalue weighted by Crippen LogP contribution is 2.33. The first-order chi connectivity index (χ1) is 11.6. The van der Waals surface area contributed by atoms with Crippen LogP contribution in [0.1, 0.15) is 36.6 Å². The summed E-state index contributed by atoms with van der Waals surface area (Å²) in [5.41, 5.74) is 0.887. The van der Waals surface area contributed by atoms with Gasteiger partial charge in [-0.2, -0.15) is 0 Å². The number of urea groups is 1. The smallest absolute Gasteiger partial charge is 0.321 e. The van der Waals surface area contributed by atoms with E-state index < -0.39 is 11.9 Å². The summed E-state index contributed by atoms with van der Waals surface area (Å²) in [6.45, 7) is 2.20. The molecule has 0 aliphatic heterocycles. The van der Waals surface area contributed by atoms with Crippen LogP contribution in [-0.4, -0.2) is 28.0 Å². The van der Waals surface area contributed by atoms with E-state index in [-0.39, 0.29) is 12.1 Å². The third-order valence-corrected chi connectivity index (χ3v) is 5.24. The van der Waals surface area contributed by atoms with Crippen LogP contribution in [0.4, 0.5) is 4.79 Å². The number of thiophene rings is 1. The number of amides is 3. The van der Waals surface area contributed by atoms with Gasteiger partial charge >= 0.3 is 6.03 Å². The monoisotopic (exact) mass is 348 g/mol. The zero-order valence-electron chi connectivity index (χ0n) is 13.6. The number of hydrogen-bond donors (Lipinski definition) is 2. The third kappa shape index (κ3) is 3.33. The molecule has 0 atom stereocenters. The van der Waals surface area contributed by atoms with E-state index in [9.17, 15) is 14.4 Å². The van der Waals surface area contributed by atoms with Crippen LogP contribution in [0.25, 0.3) is 10.2 Å². The highest BCUT2D eigenvalue weighted by molar-refractivity contribution is 7.18. The van der Waals surface area contributed by atoms with Crippen molar-refractivity contribution in [2.75, 3.05) is 6.54 Å². The Kier molecular flexibility index (Phi) is 4.94. The lowest BCUT2D eigenvalue weighted by Crippen LogP contribution is -2.42.